The van der Waals surface area contributed by atoms with Crippen molar-refractivity contribution < 1.29 is 9.90 Å². The highest BCUT2D eigenvalue weighted by atomic mass is 16.3. The summed E-state index contributed by atoms with van der Waals surface area (Å²) in [6.07, 6.45) is 8.24. The first kappa shape index (κ1) is 17.4. The van der Waals surface area contributed by atoms with Crippen molar-refractivity contribution in [3.63, 3.8) is 0 Å². The van der Waals surface area contributed by atoms with Gasteiger partial charge in [0.25, 0.3) is 0 Å². The number of hydrogen-bond acceptors (Lipinski definition) is 3. The van der Waals surface area contributed by atoms with E-state index < -0.39 is 0 Å². The largest absolute Gasteiger partial charge is 0.396 e. The second-order valence-corrected chi connectivity index (χ2v) is 7.16. The molecule has 4 nitrogen and oxygen atoms in total. The van der Waals surface area contributed by atoms with Gasteiger partial charge in [-0.05, 0) is 62.6 Å². The minimum atomic E-state index is 0.171. The molecule has 3 rings (SSSR count). The normalized spacial score (nSPS) is 23.9. The molecule has 0 bridgehead atoms. The lowest BCUT2D eigenvalue weighted by molar-refractivity contribution is -0.122. The van der Waals surface area contributed by atoms with Gasteiger partial charge in [0, 0.05) is 25.6 Å². The molecule has 0 spiro atoms. The Morgan fingerprint density at radius 3 is 3.00 bits per heavy atom. The van der Waals surface area contributed by atoms with E-state index in [0.717, 1.165) is 45.2 Å². The van der Waals surface area contributed by atoms with Gasteiger partial charge in [-0.2, -0.15) is 0 Å². The van der Waals surface area contributed by atoms with Gasteiger partial charge in [0.2, 0.25) is 5.91 Å². The van der Waals surface area contributed by atoms with Crippen LogP contribution in [0.3, 0.4) is 0 Å². The first-order valence-corrected chi connectivity index (χ1v) is 9.50. The predicted octanol–water partition coefficient (Wildman–Crippen LogP) is 2.81. The highest BCUT2D eigenvalue weighted by molar-refractivity contribution is 5.76. The Morgan fingerprint density at radius 2 is 2.12 bits per heavy atom. The summed E-state index contributed by atoms with van der Waals surface area (Å²) in [5.41, 5.74) is 2.69. The van der Waals surface area contributed by atoms with Crippen LogP contribution in [0.2, 0.25) is 0 Å². The zero-order valence-electron chi connectivity index (χ0n) is 14.5. The van der Waals surface area contributed by atoms with E-state index in [1.54, 1.807) is 0 Å². The Bertz CT molecular complexity index is 546. The number of rotatable bonds is 7. The van der Waals surface area contributed by atoms with Crippen molar-refractivity contribution in [2.75, 3.05) is 19.7 Å². The molecule has 1 heterocycles. The fourth-order valence-corrected chi connectivity index (χ4v) is 4.26. The van der Waals surface area contributed by atoms with Crippen LogP contribution in [-0.2, 0) is 11.2 Å². The standard InChI is InChI=1S/C20H30N2O2/c23-15-5-9-17-8-4-13-22(17)14-12-20(24)21-19-11-3-7-16-6-1-2-10-18(16)19/h1-2,6,10,17,19,23H,3-5,7-9,11-15H2,(H,21,24). The average molecular weight is 330 g/mol. The number of aliphatic hydroxyl groups excluding tert-OH is 1. The molecule has 1 saturated heterocycles. The molecule has 1 aromatic rings. The van der Waals surface area contributed by atoms with Crippen molar-refractivity contribution in [3.8, 4) is 0 Å². The van der Waals surface area contributed by atoms with Crippen LogP contribution in [-0.4, -0.2) is 41.7 Å². The van der Waals surface area contributed by atoms with E-state index in [1.165, 1.54) is 24.0 Å². The Labute approximate surface area is 145 Å². The molecule has 0 saturated carbocycles. The monoisotopic (exact) mass is 330 g/mol. The third-order valence-electron chi connectivity index (χ3n) is 5.53. The van der Waals surface area contributed by atoms with E-state index in [-0.39, 0.29) is 18.6 Å². The summed E-state index contributed by atoms with van der Waals surface area (Å²) in [6.45, 7) is 2.21. The summed E-state index contributed by atoms with van der Waals surface area (Å²) in [5.74, 6) is 0.171. The molecule has 1 amide bonds. The van der Waals surface area contributed by atoms with Gasteiger partial charge < -0.3 is 10.4 Å². The molecule has 1 fully saturated rings. The van der Waals surface area contributed by atoms with Crippen molar-refractivity contribution in [1.82, 2.24) is 10.2 Å². The number of aryl methyl sites for hydroxylation is 1. The molecule has 1 aliphatic heterocycles. The van der Waals surface area contributed by atoms with Crippen LogP contribution in [0.15, 0.2) is 24.3 Å². The summed E-state index contributed by atoms with van der Waals surface area (Å²) in [7, 11) is 0. The maximum Gasteiger partial charge on any atom is 0.221 e. The number of hydrogen-bond donors (Lipinski definition) is 2. The number of likely N-dealkylation sites (tertiary alicyclic amines) is 1. The van der Waals surface area contributed by atoms with Crippen molar-refractivity contribution in [1.29, 1.82) is 0 Å². The zero-order valence-corrected chi connectivity index (χ0v) is 14.5. The van der Waals surface area contributed by atoms with Crippen molar-refractivity contribution in [2.24, 2.45) is 0 Å². The van der Waals surface area contributed by atoms with Crippen LogP contribution in [0.4, 0.5) is 0 Å². The molecule has 2 atom stereocenters. The molecule has 1 aliphatic carbocycles. The molecule has 2 N–H and O–H groups in total. The molecule has 2 unspecified atom stereocenters. The number of carbonyl (C=O) groups is 1. The molecule has 0 aromatic heterocycles. The summed E-state index contributed by atoms with van der Waals surface area (Å²) in [5, 5.41) is 12.3. The zero-order chi connectivity index (χ0) is 16.8. The summed E-state index contributed by atoms with van der Waals surface area (Å²) >= 11 is 0. The quantitative estimate of drug-likeness (QED) is 0.808. The highest BCUT2D eigenvalue weighted by Gasteiger charge is 2.25. The molecule has 132 valence electrons. The van der Waals surface area contributed by atoms with Gasteiger partial charge >= 0.3 is 0 Å². The summed E-state index contributed by atoms with van der Waals surface area (Å²) < 4.78 is 0. The minimum Gasteiger partial charge on any atom is -0.396 e. The van der Waals surface area contributed by atoms with Crippen LogP contribution in [0.5, 0.6) is 0 Å². The molecular formula is C20H30N2O2. The van der Waals surface area contributed by atoms with E-state index in [0.29, 0.717) is 12.5 Å². The third kappa shape index (κ3) is 4.37. The number of aliphatic hydroxyl groups is 1. The Kier molecular flexibility index (Phi) is 6.27. The lowest BCUT2D eigenvalue weighted by atomic mass is 9.87. The van der Waals surface area contributed by atoms with Crippen LogP contribution in [0.25, 0.3) is 0 Å². The molecule has 0 radical (unpaired) electrons. The number of amides is 1. The second kappa shape index (κ2) is 8.63. The maximum atomic E-state index is 12.4. The van der Waals surface area contributed by atoms with Gasteiger partial charge in [0.05, 0.1) is 6.04 Å². The summed E-state index contributed by atoms with van der Waals surface area (Å²) in [4.78, 5) is 14.9. The second-order valence-electron chi connectivity index (χ2n) is 7.16. The van der Waals surface area contributed by atoms with Crippen LogP contribution >= 0.6 is 0 Å². The minimum absolute atomic E-state index is 0.171. The Hall–Kier alpha value is -1.39. The fraction of sp³-hybridized carbons (Fsp3) is 0.650. The highest BCUT2D eigenvalue weighted by Crippen LogP contribution is 2.29. The number of nitrogens with zero attached hydrogens (tertiary/aromatic N) is 1. The number of nitrogens with one attached hydrogen (secondary N) is 1. The van der Waals surface area contributed by atoms with E-state index >= 15 is 0 Å². The Morgan fingerprint density at radius 1 is 1.25 bits per heavy atom. The van der Waals surface area contributed by atoms with Gasteiger partial charge in [-0.25, -0.2) is 0 Å². The van der Waals surface area contributed by atoms with Gasteiger partial charge in [-0.1, -0.05) is 24.3 Å². The molecular weight excluding hydrogens is 300 g/mol. The number of fused-ring (bicyclic) bond motifs is 1. The fourth-order valence-electron chi connectivity index (χ4n) is 4.26. The van der Waals surface area contributed by atoms with Gasteiger partial charge in [0.15, 0.2) is 0 Å². The average Bonchev–Trinajstić information content (AvgIpc) is 3.06. The predicted molar refractivity (Wildman–Crippen MR) is 95.8 cm³/mol. The van der Waals surface area contributed by atoms with E-state index in [1.807, 2.05) is 0 Å². The van der Waals surface area contributed by atoms with Crippen molar-refractivity contribution in [3.05, 3.63) is 35.4 Å². The van der Waals surface area contributed by atoms with E-state index in [9.17, 15) is 4.79 Å². The summed E-state index contributed by atoms with van der Waals surface area (Å²) in [6, 6.07) is 9.24. The molecule has 24 heavy (non-hydrogen) atoms. The van der Waals surface area contributed by atoms with E-state index in [2.05, 4.69) is 34.5 Å². The van der Waals surface area contributed by atoms with Crippen molar-refractivity contribution >= 4 is 5.91 Å². The lowest BCUT2D eigenvalue weighted by Gasteiger charge is -2.27. The molecule has 1 aromatic carbocycles. The first-order chi connectivity index (χ1) is 11.8. The number of carbonyl (C=O) groups excluding carboxylic acids is 1. The third-order valence-corrected chi connectivity index (χ3v) is 5.53. The van der Waals surface area contributed by atoms with Crippen LogP contribution < -0.4 is 5.32 Å². The Balaban J connectivity index is 1.48. The van der Waals surface area contributed by atoms with Gasteiger partial charge in [-0.3, -0.25) is 9.69 Å². The topological polar surface area (TPSA) is 52.6 Å². The molecule has 2 aliphatic rings. The lowest BCUT2D eigenvalue weighted by Crippen LogP contribution is -2.36. The molecule has 4 heteroatoms. The van der Waals surface area contributed by atoms with Gasteiger partial charge in [0.1, 0.15) is 0 Å². The first-order valence-electron chi connectivity index (χ1n) is 9.50. The van der Waals surface area contributed by atoms with Gasteiger partial charge in [-0.15, -0.1) is 0 Å². The van der Waals surface area contributed by atoms with Crippen LogP contribution in [0.1, 0.15) is 62.1 Å². The smallest absolute Gasteiger partial charge is 0.221 e. The number of benzene rings is 1. The van der Waals surface area contributed by atoms with Crippen LogP contribution in [0, 0.1) is 0 Å². The maximum absolute atomic E-state index is 12.4. The van der Waals surface area contributed by atoms with E-state index in [4.69, 9.17) is 5.11 Å². The van der Waals surface area contributed by atoms with Crippen molar-refractivity contribution in [2.45, 2.75) is 63.5 Å². The SMILES string of the molecule is O=C(CCN1CCCC1CCCO)NC1CCCc2ccccc21.